The Kier molecular flexibility index (Phi) is 4.50. The second-order valence-corrected chi connectivity index (χ2v) is 4.63. The summed E-state index contributed by atoms with van der Waals surface area (Å²) in [5.41, 5.74) is 5.13. The fourth-order valence-electron chi connectivity index (χ4n) is 2.04. The van der Waals surface area contributed by atoms with E-state index in [4.69, 9.17) is 5.84 Å². The Labute approximate surface area is 120 Å². The topological polar surface area (TPSA) is 47.3 Å². The minimum atomic E-state index is -4.71. The number of hydrogen-bond acceptors (Lipinski definition) is 3. The van der Waals surface area contributed by atoms with Crippen LogP contribution in [0.5, 0.6) is 5.75 Å². The lowest BCUT2D eigenvalue weighted by atomic mass is 9.98. The first-order valence-corrected chi connectivity index (χ1v) is 6.27. The average Bonchev–Trinajstić information content (AvgIpc) is 2.40. The summed E-state index contributed by atoms with van der Waals surface area (Å²) in [6, 6.07) is 12.9. The zero-order valence-electron chi connectivity index (χ0n) is 11.3. The van der Waals surface area contributed by atoms with Gasteiger partial charge in [0.05, 0.1) is 6.04 Å². The second kappa shape index (κ2) is 6.15. The maximum atomic E-state index is 12.3. The molecule has 0 aromatic heterocycles. The smallest absolute Gasteiger partial charge is 0.406 e. The van der Waals surface area contributed by atoms with Crippen molar-refractivity contribution in [3.05, 3.63) is 65.2 Å². The Morgan fingerprint density at radius 2 is 1.71 bits per heavy atom. The molecule has 0 aliphatic heterocycles. The van der Waals surface area contributed by atoms with Crippen molar-refractivity contribution in [1.82, 2.24) is 5.43 Å². The molecule has 0 fully saturated rings. The highest BCUT2D eigenvalue weighted by atomic mass is 19.4. The second-order valence-electron chi connectivity index (χ2n) is 4.63. The van der Waals surface area contributed by atoms with Crippen LogP contribution < -0.4 is 16.0 Å². The SMILES string of the molecule is Cc1ccc(C(NN)c2cccc(OC(F)(F)F)c2)cc1. The Balaban J connectivity index is 2.30. The quantitative estimate of drug-likeness (QED) is 0.671. The zero-order valence-corrected chi connectivity index (χ0v) is 11.3. The molecule has 6 heteroatoms. The van der Waals surface area contributed by atoms with Crippen LogP contribution >= 0.6 is 0 Å². The molecular weight excluding hydrogens is 281 g/mol. The van der Waals surface area contributed by atoms with Gasteiger partial charge in [0.25, 0.3) is 0 Å². The van der Waals surface area contributed by atoms with Crippen molar-refractivity contribution in [2.45, 2.75) is 19.3 Å². The van der Waals surface area contributed by atoms with E-state index >= 15 is 0 Å². The molecule has 0 spiro atoms. The van der Waals surface area contributed by atoms with Crippen LogP contribution in [0.25, 0.3) is 0 Å². The van der Waals surface area contributed by atoms with Gasteiger partial charge < -0.3 is 4.74 Å². The Bertz CT molecular complexity index is 597. The lowest BCUT2D eigenvalue weighted by Crippen LogP contribution is -2.29. The van der Waals surface area contributed by atoms with Crippen LogP contribution in [0.15, 0.2) is 48.5 Å². The minimum Gasteiger partial charge on any atom is -0.406 e. The summed E-state index contributed by atoms with van der Waals surface area (Å²) in [5.74, 6) is 5.27. The molecule has 2 rings (SSSR count). The van der Waals surface area contributed by atoms with Crippen LogP contribution in [0.2, 0.25) is 0 Å². The lowest BCUT2D eigenvalue weighted by Gasteiger charge is -2.18. The van der Waals surface area contributed by atoms with Gasteiger partial charge in [-0.15, -0.1) is 13.2 Å². The molecule has 0 radical (unpaired) electrons. The van der Waals surface area contributed by atoms with E-state index in [1.165, 1.54) is 18.2 Å². The molecule has 0 amide bonds. The first kappa shape index (κ1) is 15.3. The van der Waals surface area contributed by atoms with Gasteiger partial charge in [-0.2, -0.15) is 0 Å². The molecule has 3 N–H and O–H groups in total. The van der Waals surface area contributed by atoms with Gasteiger partial charge in [-0.25, -0.2) is 5.43 Å². The molecule has 0 aliphatic carbocycles. The van der Waals surface area contributed by atoms with Crippen molar-refractivity contribution in [2.75, 3.05) is 0 Å². The van der Waals surface area contributed by atoms with Crippen molar-refractivity contribution in [3.8, 4) is 5.75 Å². The van der Waals surface area contributed by atoms with Crippen LogP contribution in [0.4, 0.5) is 13.2 Å². The number of hydrogen-bond donors (Lipinski definition) is 2. The van der Waals surface area contributed by atoms with E-state index in [2.05, 4.69) is 10.2 Å². The molecule has 1 atom stereocenters. The largest absolute Gasteiger partial charge is 0.573 e. The monoisotopic (exact) mass is 296 g/mol. The highest BCUT2D eigenvalue weighted by Crippen LogP contribution is 2.28. The molecule has 21 heavy (non-hydrogen) atoms. The van der Waals surface area contributed by atoms with E-state index in [-0.39, 0.29) is 5.75 Å². The third-order valence-electron chi connectivity index (χ3n) is 3.00. The molecule has 112 valence electrons. The number of nitrogens with one attached hydrogen (secondary N) is 1. The molecule has 0 aliphatic rings. The molecule has 2 aromatic carbocycles. The summed E-state index contributed by atoms with van der Waals surface area (Å²) in [5, 5.41) is 0. The maximum absolute atomic E-state index is 12.3. The van der Waals surface area contributed by atoms with Crippen LogP contribution in [0.1, 0.15) is 22.7 Å². The van der Waals surface area contributed by atoms with Crippen molar-refractivity contribution in [2.24, 2.45) is 5.84 Å². The van der Waals surface area contributed by atoms with Gasteiger partial charge in [-0.1, -0.05) is 42.0 Å². The highest BCUT2D eigenvalue weighted by Gasteiger charge is 2.31. The summed E-state index contributed by atoms with van der Waals surface area (Å²) < 4.78 is 40.7. The Hall–Kier alpha value is -2.05. The number of aryl methyl sites for hydroxylation is 1. The summed E-state index contributed by atoms with van der Waals surface area (Å²) in [6.45, 7) is 1.95. The summed E-state index contributed by atoms with van der Waals surface area (Å²) in [7, 11) is 0. The van der Waals surface area contributed by atoms with Gasteiger partial charge in [-0.05, 0) is 30.2 Å². The molecular formula is C15H15F3N2O. The lowest BCUT2D eigenvalue weighted by molar-refractivity contribution is -0.274. The number of alkyl halides is 3. The average molecular weight is 296 g/mol. The fraction of sp³-hybridized carbons (Fsp3) is 0.200. The molecule has 0 saturated carbocycles. The van der Waals surface area contributed by atoms with E-state index in [0.29, 0.717) is 5.56 Å². The van der Waals surface area contributed by atoms with Crippen molar-refractivity contribution >= 4 is 0 Å². The minimum absolute atomic E-state index is 0.271. The van der Waals surface area contributed by atoms with E-state index in [9.17, 15) is 13.2 Å². The van der Waals surface area contributed by atoms with Crippen LogP contribution in [-0.4, -0.2) is 6.36 Å². The molecule has 0 saturated heterocycles. The first-order valence-electron chi connectivity index (χ1n) is 6.27. The van der Waals surface area contributed by atoms with E-state index in [0.717, 1.165) is 11.1 Å². The predicted octanol–water partition coefficient (Wildman–Crippen LogP) is 3.45. The third-order valence-corrected chi connectivity index (χ3v) is 3.00. The van der Waals surface area contributed by atoms with Gasteiger partial charge in [0, 0.05) is 0 Å². The number of ether oxygens (including phenoxy) is 1. The van der Waals surface area contributed by atoms with E-state index in [1.54, 1.807) is 6.07 Å². The number of nitrogens with two attached hydrogens (primary N) is 1. The van der Waals surface area contributed by atoms with Gasteiger partial charge in [0.1, 0.15) is 5.75 Å². The number of benzene rings is 2. The van der Waals surface area contributed by atoms with Gasteiger partial charge >= 0.3 is 6.36 Å². The Morgan fingerprint density at radius 3 is 2.29 bits per heavy atom. The van der Waals surface area contributed by atoms with Gasteiger partial charge in [-0.3, -0.25) is 5.84 Å². The van der Waals surface area contributed by atoms with Gasteiger partial charge in [0.2, 0.25) is 0 Å². The summed E-state index contributed by atoms with van der Waals surface area (Å²) in [6.07, 6.45) is -4.71. The number of hydrazine groups is 1. The number of halogens is 3. The number of rotatable bonds is 4. The molecule has 3 nitrogen and oxygen atoms in total. The summed E-state index contributed by atoms with van der Waals surface area (Å²) >= 11 is 0. The van der Waals surface area contributed by atoms with E-state index in [1.807, 2.05) is 31.2 Å². The highest BCUT2D eigenvalue weighted by molar-refractivity contribution is 5.37. The van der Waals surface area contributed by atoms with Crippen molar-refractivity contribution in [1.29, 1.82) is 0 Å². The van der Waals surface area contributed by atoms with E-state index < -0.39 is 12.4 Å². The maximum Gasteiger partial charge on any atom is 0.573 e. The molecule has 0 bridgehead atoms. The fourth-order valence-corrected chi connectivity index (χ4v) is 2.04. The normalized spacial score (nSPS) is 13.0. The standard InChI is InChI=1S/C15H15F3N2O/c1-10-5-7-11(8-6-10)14(20-19)12-3-2-4-13(9-12)21-15(16,17)18/h2-9,14,20H,19H2,1H3. The first-order chi connectivity index (χ1) is 9.89. The molecule has 2 aromatic rings. The molecule has 0 heterocycles. The van der Waals surface area contributed by atoms with Crippen LogP contribution in [-0.2, 0) is 0 Å². The zero-order chi connectivity index (χ0) is 15.5. The molecule has 1 unspecified atom stereocenters. The van der Waals surface area contributed by atoms with Crippen LogP contribution in [0.3, 0.4) is 0 Å². The van der Waals surface area contributed by atoms with Crippen LogP contribution in [0, 0.1) is 6.92 Å². The van der Waals surface area contributed by atoms with Crippen molar-refractivity contribution < 1.29 is 17.9 Å². The van der Waals surface area contributed by atoms with Gasteiger partial charge in [0.15, 0.2) is 0 Å². The van der Waals surface area contributed by atoms with Crippen molar-refractivity contribution in [3.63, 3.8) is 0 Å². The third kappa shape index (κ3) is 4.21. The predicted molar refractivity (Wildman–Crippen MR) is 73.5 cm³/mol. The summed E-state index contributed by atoms with van der Waals surface area (Å²) in [4.78, 5) is 0. The Morgan fingerprint density at radius 1 is 1.05 bits per heavy atom.